The van der Waals surface area contributed by atoms with Crippen molar-refractivity contribution in [2.24, 2.45) is 5.92 Å². The summed E-state index contributed by atoms with van der Waals surface area (Å²) in [6.45, 7) is 4.35. The van der Waals surface area contributed by atoms with Crippen molar-refractivity contribution in [1.29, 1.82) is 0 Å². The van der Waals surface area contributed by atoms with E-state index in [-0.39, 0.29) is 5.82 Å². The molecule has 0 radical (unpaired) electrons. The summed E-state index contributed by atoms with van der Waals surface area (Å²) in [5.41, 5.74) is 3.05. The van der Waals surface area contributed by atoms with E-state index in [0.717, 1.165) is 17.5 Å². The Morgan fingerprint density at radius 2 is 2.09 bits per heavy atom. The summed E-state index contributed by atoms with van der Waals surface area (Å²) in [6, 6.07) is 6.94. The summed E-state index contributed by atoms with van der Waals surface area (Å²) >= 11 is 0. The fraction of sp³-hybridized carbons (Fsp3) is 0.294. The number of anilines is 1. The first-order chi connectivity index (χ1) is 10.6. The molecule has 2 heterocycles. The molecular weight excluding hydrogens is 279 g/mol. The van der Waals surface area contributed by atoms with Crippen molar-refractivity contribution in [1.82, 2.24) is 14.8 Å². The Morgan fingerprint density at radius 3 is 2.82 bits per heavy atom. The summed E-state index contributed by atoms with van der Waals surface area (Å²) in [7, 11) is 1.80. The lowest BCUT2D eigenvalue weighted by molar-refractivity contribution is 0.611. The molecule has 1 aromatic carbocycles. The molecule has 3 rings (SSSR count). The van der Waals surface area contributed by atoms with E-state index in [0.29, 0.717) is 17.3 Å². The van der Waals surface area contributed by atoms with Crippen LogP contribution in [0.1, 0.15) is 19.4 Å². The Bertz CT molecular complexity index is 808. The van der Waals surface area contributed by atoms with Gasteiger partial charge in [-0.25, -0.2) is 14.1 Å². The van der Waals surface area contributed by atoms with Crippen LogP contribution in [-0.4, -0.2) is 21.8 Å². The van der Waals surface area contributed by atoms with Gasteiger partial charge >= 0.3 is 0 Å². The zero-order valence-corrected chi connectivity index (χ0v) is 13.0. The molecule has 0 bridgehead atoms. The predicted octanol–water partition coefficient (Wildman–Crippen LogP) is 3.80. The Hall–Kier alpha value is -2.43. The third-order valence-corrected chi connectivity index (χ3v) is 3.54. The molecule has 2 aromatic heterocycles. The van der Waals surface area contributed by atoms with Gasteiger partial charge in [-0.1, -0.05) is 13.8 Å². The normalized spacial score (nSPS) is 11.3. The number of hydrogen-bond acceptors (Lipinski definition) is 3. The van der Waals surface area contributed by atoms with E-state index in [2.05, 4.69) is 35.3 Å². The SMILES string of the molecule is CNc1ccc(F)c(-n2cc3cc(CC(C)C)cnc3n2)c1. The van der Waals surface area contributed by atoms with E-state index in [4.69, 9.17) is 0 Å². The number of hydrogen-bond donors (Lipinski definition) is 1. The third-order valence-electron chi connectivity index (χ3n) is 3.54. The highest BCUT2D eigenvalue weighted by molar-refractivity contribution is 5.75. The standard InChI is InChI=1S/C17H19FN4/c1-11(2)6-12-7-13-10-22(21-17(13)20-9-12)16-8-14(19-3)4-5-15(16)18/h4-5,7-11,19H,6H2,1-3H3. The maximum absolute atomic E-state index is 14.1. The second kappa shape index (κ2) is 5.75. The first-order valence-electron chi connectivity index (χ1n) is 7.39. The average molecular weight is 298 g/mol. The lowest BCUT2D eigenvalue weighted by atomic mass is 10.0. The minimum Gasteiger partial charge on any atom is -0.388 e. The van der Waals surface area contributed by atoms with E-state index >= 15 is 0 Å². The molecule has 1 N–H and O–H groups in total. The first kappa shape index (κ1) is 14.5. The van der Waals surface area contributed by atoms with Crippen molar-refractivity contribution < 1.29 is 4.39 Å². The van der Waals surface area contributed by atoms with E-state index in [1.807, 2.05) is 12.4 Å². The van der Waals surface area contributed by atoms with Gasteiger partial charge in [-0.15, -0.1) is 5.10 Å². The molecule has 0 saturated heterocycles. The molecule has 0 atom stereocenters. The lowest BCUT2D eigenvalue weighted by Crippen LogP contribution is -2.00. The summed E-state index contributed by atoms with van der Waals surface area (Å²) in [5, 5.41) is 8.31. The van der Waals surface area contributed by atoms with Crippen LogP contribution in [0.3, 0.4) is 0 Å². The van der Waals surface area contributed by atoms with Crippen molar-refractivity contribution in [2.75, 3.05) is 12.4 Å². The fourth-order valence-corrected chi connectivity index (χ4v) is 2.51. The molecule has 0 spiro atoms. The van der Waals surface area contributed by atoms with E-state index in [1.54, 1.807) is 23.9 Å². The van der Waals surface area contributed by atoms with Crippen LogP contribution in [0.15, 0.2) is 36.7 Å². The van der Waals surface area contributed by atoms with Crippen LogP contribution in [-0.2, 0) is 6.42 Å². The topological polar surface area (TPSA) is 42.7 Å². The van der Waals surface area contributed by atoms with Crippen molar-refractivity contribution in [3.63, 3.8) is 0 Å². The third kappa shape index (κ3) is 2.79. The molecule has 4 nitrogen and oxygen atoms in total. The van der Waals surface area contributed by atoms with Crippen molar-refractivity contribution >= 4 is 16.7 Å². The minimum atomic E-state index is -0.311. The van der Waals surface area contributed by atoms with E-state index < -0.39 is 0 Å². The number of pyridine rings is 1. The van der Waals surface area contributed by atoms with Crippen LogP contribution in [0.25, 0.3) is 16.7 Å². The zero-order valence-electron chi connectivity index (χ0n) is 13.0. The Morgan fingerprint density at radius 1 is 1.27 bits per heavy atom. The van der Waals surface area contributed by atoms with Gasteiger partial charge in [0, 0.05) is 30.5 Å². The van der Waals surface area contributed by atoms with E-state index in [1.165, 1.54) is 11.6 Å². The van der Waals surface area contributed by atoms with Gasteiger partial charge in [0.1, 0.15) is 11.5 Å². The van der Waals surface area contributed by atoms with Crippen LogP contribution < -0.4 is 5.32 Å². The number of aromatic nitrogens is 3. The van der Waals surface area contributed by atoms with Crippen LogP contribution >= 0.6 is 0 Å². The number of nitrogens with zero attached hydrogens (tertiary/aromatic N) is 3. The van der Waals surface area contributed by atoms with Gasteiger partial charge in [-0.2, -0.15) is 0 Å². The molecule has 5 heteroatoms. The highest BCUT2D eigenvalue weighted by Crippen LogP contribution is 2.21. The van der Waals surface area contributed by atoms with Gasteiger partial charge in [0.05, 0.1) is 0 Å². The van der Waals surface area contributed by atoms with Crippen molar-refractivity contribution in [2.45, 2.75) is 20.3 Å². The molecule has 0 aliphatic rings. The minimum absolute atomic E-state index is 0.311. The zero-order chi connectivity index (χ0) is 15.7. The number of benzene rings is 1. The number of halogens is 1. The van der Waals surface area contributed by atoms with Gasteiger partial charge in [-0.3, -0.25) is 0 Å². The molecule has 0 unspecified atom stereocenters. The molecule has 3 aromatic rings. The maximum Gasteiger partial charge on any atom is 0.181 e. The molecule has 0 saturated carbocycles. The Labute approximate surface area is 129 Å². The molecule has 0 aliphatic carbocycles. The van der Waals surface area contributed by atoms with Crippen molar-refractivity contribution in [3.8, 4) is 5.69 Å². The summed E-state index contributed by atoms with van der Waals surface area (Å²) < 4.78 is 15.6. The monoisotopic (exact) mass is 298 g/mol. The van der Waals surface area contributed by atoms with Gasteiger partial charge in [-0.05, 0) is 42.2 Å². The summed E-state index contributed by atoms with van der Waals surface area (Å²) in [4.78, 5) is 4.38. The van der Waals surface area contributed by atoms with E-state index in [9.17, 15) is 4.39 Å². The quantitative estimate of drug-likeness (QED) is 0.796. The lowest BCUT2D eigenvalue weighted by Gasteiger charge is -2.05. The molecule has 0 fully saturated rings. The first-order valence-corrected chi connectivity index (χ1v) is 7.39. The largest absolute Gasteiger partial charge is 0.388 e. The number of nitrogens with one attached hydrogen (secondary N) is 1. The summed E-state index contributed by atoms with van der Waals surface area (Å²) in [5.74, 6) is 0.258. The highest BCUT2D eigenvalue weighted by Gasteiger charge is 2.10. The highest BCUT2D eigenvalue weighted by atomic mass is 19.1. The fourth-order valence-electron chi connectivity index (χ4n) is 2.51. The van der Waals surface area contributed by atoms with Gasteiger partial charge < -0.3 is 5.32 Å². The number of rotatable bonds is 4. The molecule has 114 valence electrons. The Balaban J connectivity index is 2.05. The van der Waals surface area contributed by atoms with Crippen LogP contribution in [0.5, 0.6) is 0 Å². The molecular formula is C17H19FN4. The molecule has 22 heavy (non-hydrogen) atoms. The summed E-state index contributed by atoms with van der Waals surface area (Å²) in [6.07, 6.45) is 4.64. The Kier molecular flexibility index (Phi) is 3.79. The predicted molar refractivity (Wildman–Crippen MR) is 86.9 cm³/mol. The van der Waals surface area contributed by atoms with Gasteiger partial charge in [0.25, 0.3) is 0 Å². The molecule has 0 aliphatic heterocycles. The van der Waals surface area contributed by atoms with Crippen LogP contribution in [0.2, 0.25) is 0 Å². The smallest absolute Gasteiger partial charge is 0.181 e. The second-order valence-corrected chi connectivity index (χ2v) is 5.84. The maximum atomic E-state index is 14.1. The van der Waals surface area contributed by atoms with Gasteiger partial charge in [0.2, 0.25) is 0 Å². The van der Waals surface area contributed by atoms with Gasteiger partial charge in [0.15, 0.2) is 5.65 Å². The number of fused-ring (bicyclic) bond motifs is 1. The van der Waals surface area contributed by atoms with Crippen molar-refractivity contribution in [3.05, 3.63) is 48.0 Å². The van der Waals surface area contributed by atoms with Crippen LogP contribution in [0.4, 0.5) is 10.1 Å². The van der Waals surface area contributed by atoms with Crippen LogP contribution in [0, 0.1) is 11.7 Å². The molecule has 0 amide bonds. The average Bonchev–Trinajstić information content (AvgIpc) is 2.90. The second-order valence-electron chi connectivity index (χ2n) is 5.84.